The number of esters is 1. The number of carbonyl (C=O) groups is 2. The fourth-order valence-electron chi connectivity index (χ4n) is 2.45. The molecule has 0 aliphatic carbocycles. The Labute approximate surface area is 143 Å². The predicted molar refractivity (Wildman–Crippen MR) is 93.3 cm³/mol. The first-order chi connectivity index (χ1) is 12.1. The number of nitrogens with zero attached hydrogens (tertiary/aromatic N) is 1. The summed E-state index contributed by atoms with van der Waals surface area (Å²) in [7, 11) is 1.31. The number of anilines is 1. The van der Waals surface area contributed by atoms with Gasteiger partial charge in [0.2, 0.25) is 5.91 Å². The van der Waals surface area contributed by atoms with Crippen LogP contribution in [0.15, 0.2) is 42.5 Å². The number of ether oxygens (including phenoxy) is 2. The maximum Gasteiger partial charge on any atom is 0.343 e. The molecule has 25 heavy (non-hydrogen) atoms. The van der Waals surface area contributed by atoms with E-state index in [2.05, 4.69) is 20.3 Å². The number of hydrogen-bond acceptors (Lipinski definition) is 5. The molecule has 1 heterocycles. The summed E-state index contributed by atoms with van der Waals surface area (Å²) in [4.78, 5) is 22.4. The van der Waals surface area contributed by atoms with E-state index in [0.717, 1.165) is 22.2 Å². The van der Waals surface area contributed by atoms with Gasteiger partial charge in [-0.25, -0.2) is 4.79 Å². The summed E-state index contributed by atoms with van der Waals surface area (Å²) in [6, 6.07) is 12.8. The number of aromatic nitrogens is 2. The fraction of sp³-hybridized carbons (Fsp3) is 0.167. The maximum atomic E-state index is 11.2. The zero-order chi connectivity index (χ0) is 17.8. The van der Waals surface area contributed by atoms with Crippen molar-refractivity contribution < 1.29 is 19.1 Å². The molecule has 0 bridgehead atoms. The zero-order valence-electron chi connectivity index (χ0n) is 13.8. The van der Waals surface area contributed by atoms with Crippen LogP contribution in [0, 0.1) is 0 Å². The van der Waals surface area contributed by atoms with Crippen molar-refractivity contribution in [3.8, 4) is 17.0 Å². The van der Waals surface area contributed by atoms with E-state index in [1.54, 1.807) is 6.07 Å². The van der Waals surface area contributed by atoms with Crippen LogP contribution in [0.3, 0.4) is 0 Å². The second-order valence-corrected chi connectivity index (χ2v) is 5.41. The molecular weight excluding hydrogens is 322 g/mol. The molecule has 128 valence electrons. The number of hydrogen-bond donors (Lipinski definition) is 2. The van der Waals surface area contributed by atoms with Crippen molar-refractivity contribution in [2.24, 2.45) is 0 Å². The van der Waals surface area contributed by atoms with E-state index in [0.29, 0.717) is 11.4 Å². The molecule has 0 saturated carbocycles. The highest BCUT2D eigenvalue weighted by atomic mass is 16.6. The largest absolute Gasteiger partial charge is 0.482 e. The van der Waals surface area contributed by atoms with E-state index in [1.807, 2.05) is 36.4 Å². The maximum absolute atomic E-state index is 11.2. The lowest BCUT2D eigenvalue weighted by atomic mass is 10.1. The minimum atomic E-state index is -0.449. The predicted octanol–water partition coefficient (Wildman–Crippen LogP) is 2.74. The third-order valence-corrected chi connectivity index (χ3v) is 3.58. The molecule has 2 aromatic carbocycles. The van der Waals surface area contributed by atoms with Crippen LogP contribution in [-0.4, -0.2) is 35.8 Å². The first-order valence-corrected chi connectivity index (χ1v) is 7.62. The van der Waals surface area contributed by atoms with Gasteiger partial charge >= 0.3 is 5.97 Å². The van der Waals surface area contributed by atoms with E-state index >= 15 is 0 Å². The van der Waals surface area contributed by atoms with Gasteiger partial charge in [0.1, 0.15) is 11.4 Å². The Bertz CT molecular complexity index is 933. The highest BCUT2D eigenvalue weighted by Gasteiger charge is 2.11. The van der Waals surface area contributed by atoms with Crippen LogP contribution in [0.2, 0.25) is 0 Å². The summed E-state index contributed by atoms with van der Waals surface area (Å²) in [5, 5.41) is 10.9. The lowest BCUT2D eigenvalue weighted by molar-refractivity contribution is -0.142. The molecule has 7 heteroatoms. The van der Waals surface area contributed by atoms with Gasteiger partial charge < -0.3 is 14.8 Å². The van der Waals surface area contributed by atoms with Crippen LogP contribution >= 0.6 is 0 Å². The average Bonchev–Trinajstić information content (AvgIpc) is 3.02. The smallest absolute Gasteiger partial charge is 0.343 e. The molecule has 7 nitrogen and oxygen atoms in total. The Morgan fingerprint density at radius 2 is 2.04 bits per heavy atom. The fourth-order valence-corrected chi connectivity index (χ4v) is 2.45. The van der Waals surface area contributed by atoms with Gasteiger partial charge in [-0.15, -0.1) is 0 Å². The Morgan fingerprint density at radius 3 is 2.80 bits per heavy atom. The topological polar surface area (TPSA) is 93.3 Å². The van der Waals surface area contributed by atoms with E-state index in [-0.39, 0.29) is 12.5 Å². The minimum Gasteiger partial charge on any atom is -0.482 e. The second-order valence-electron chi connectivity index (χ2n) is 5.41. The molecule has 0 spiro atoms. The summed E-state index contributed by atoms with van der Waals surface area (Å²) in [6.45, 7) is 1.30. The van der Waals surface area contributed by atoms with Gasteiger partial charge in [0, 0.05) is 23.6 Å². The van der Waals surface area contributed by atoms with Crippen molar-refractivity contribution in [2.75, 3.05) is 19.0 Å². The van der Waals surface area contributed by atoms with Gasteiger partial charge in [0.15, 0.2) is 6.61 Å². The number of fused-ring (bicyclic) bond motifs is 1. The van der Waals surface area contributed by atoms with E-state index in [9.17, 15) is 9.59 Å². The number of carbonyl (C=O) groups excluding carboxylic acids is 2. The lowest BCUT2D eigenvalue weighted by Crippen LogP contribution is -2.12. The van der Waals surface area contributed by atoms with E-state index < -0.39 is 5.97 Å². The Kier molecular flexibility index (Phi) is 4.65. The van der Waals surface area contributed by atoms with Crippen LogP contribution in [0.1, 0.15) is 6.92 Å². The van der Waals surface area contributed by atoms with Crippen LogP contribution < -0.4 is 10.1 Å². The number of benzene rings is 2. The molecule has 0 atom stereocenters. The Morgan fingerprint density at radius 1 is 1.20 bits per heavy atom. The second kappa shape index (κ2) is 7.04. The Balaban J connectivity index is 1.94. The number of amides is 1. The molecule has 0 saturated heterocycles. The van der Waals surface area contributed by atoms with Gasteiger partial charge in [-0.05, 0) is 30.3 Å². The van der Waals surface area contributed by atoms with Crippen molar-refractivity contribution >= 4 is 28.5 Å². The van der Waals surface area contributed by atoms with Crippen molar-refractivity contribution in [1.82, 2.24) is 10.2 Å². The number of rotatable bonds is 5. The standard InChI is InChI=1S/C18H17N3O4/c1-11(22)19-13-5-3-4-12(8-13)18-15-9-14(25-10-17(23)24-2)6-7-16(15)20-21-18/h3-9H,10H2,1-2H3,(H,19,22)(H,20,21). The summed E-state index contributed by atoms with van der Waals surface area (Å²) >= 11 is 0. The quantitative estimate of drug-likeness (QED) is 0.697. The van der Waals surface area contributed by atoms with E-state index in [1.165, 1.54) is 14.0 Å². The summed E-state index contributed by atoms with van der Waals surface area (Å²) in [5.74, 6) is -0.0448. The van der Waals surface area contributed by atoms with E-state index in [4.69, 9.17) is 4.74 Å². The zero-order valence-corrected chi connectivity index (χ0v) is 13.8. The molecular formula is C18H17N3O4. The first kappa shape index (κ1) is 16.5. The molecule has 0 fully saturated rings. The Hall–Kier alpha value is -3.35. The normalized spacial score (nSPS) is 10.5. The molecule has 1 aromatic heterocycles. The number of nitrogens with one attached hydrogen (secondary N) is 2. The van der Waals surface area contributed by atoms with Crippen LogP contribution in [0.5, 0.6) is 5.75 Å². The third-order valence-electron chi connectivity index (χ3n) is 3.58. The highest BCUT2D eigenvalue weighted by molar-refractivity contribution is 5.95. The minimum absolute atomic E-state index is 0.137. The van der Waals surface area contributed by atoms with Gasteiger partial charge in [-0.2, -0.15) is 5.10 Å². The highest BCUT2D eigenvalue weighted by Crippen LogP contribution is 2.30. The van der Waals surface area contributed by atoms with Crippen LogP contribution in [-0.2, 0) is 14.3 Å². The number of H-pyrrole nitrogens is 1. The van der Waals surface area contributed by atoms with Gasteiger partial charge in [0.05, 0.1) is 12.6 Å². The molecule has 0 unspecified atom stereocenters. The summed E-state index contributed by atoms with van der Waals surface area (Å²) in [6.07, 6.45) is 0. The number of aromatic amines is 1. The van der Waals surface area contributed by atoms with Crippen LogP contribution in [0.25, 0.3) is 22.2 Å². The van der Waals surface area contributed by atoms with Crippen molar-refractivity contribution in [3.05, 3.63) is 42.5 Å². The van der Waals surface area contributed by atoms with Crippen LogP contribution in [0.4, 0.5) is 5.69 Å². The van der Waals surface area contributed by atoms with Crippen molar-refractivity contribution in [3.63, 3.8) is 0 Å². The van der Waals surface area contributed by atoms with Gasteiger partial charge in [-0.1, -0.05) is 12.1 Å². The molecule has 1 amide bonds. The lowest BCUT2D eigenvalue weighted by Gasteiger charge is -2.06. The summed E-state index contributed by atoms with van der Waals surface area (Å²) < 4.78 is 10.00. The average molecular weight is 339 g/mol. The molecule has 3 rings (SSSR count). The summed E-state index contributed by atoms with van der Waals surface area (Å²) in [5.41, 5.74) is 3.11. The number of methoxy groups -OCH3 is 1. The van der Waals surface area contributed by atoms with Gasteiger partial charge in [0.25, 0.3) is 0 Å². The van der Waals surface area contributed by atoms with Gasteiger partial charge in [-0.3, -0.25) is 9.89 Å². The molecule has 3 aromatic rings. The first-order valence-electron chi connectivity index (χ1n) is 7.62. The van der Waals surface area contributed by atoms with Crippen molar-refractivity contribution in [1.29, 1.82) is 0 Å². The monoisotopic (exact) mass is 339 g/mol. The van der Waals surface area contributed by atoms with Crippen molar-refractivity contribution in [2.45, 2.75) is 6.92 Å². The molecule has 0 radical (unpaired) electrons. The molecule has 0 aliphatic heterocycles. The third kappa shape index (κ3) is 3.77. The molecule has 0 aliphatic rings. The molecule has 2 N–H and O–H groups in total. The SMILES string of the molecule is COC(=O)COc1ccc2[nH]nc(-c3cccc(NC(C)=O)c3)c2c1.